The molecule has 0 radical (unpaired) electrons. The Morgan fingerprint density at radius 3 is 2.26 bits per heavy atom. The van der Waals surface area contributed by atoms with Crippen molar-refractivity contribution in [3.8, 4) is 0 Å². The Kier molecular flexibility index (Phi) is 5.68. The number of nitrogens with one attached hydrogen (secondary N) is 1. The van der Waals surface area contributed by atoms with Crippen molar-refractivity contribution >= 4 is 31.1 Å². The van der Waals surface area contributed by atoms with Gasteiger partial charge in [-0.3, -0.25) is 14.1 Å². The Balaban J connectivity index is 1.44. The lowest BCUT2D eigenvalue weighted by molar-refractivity contribution is 0.780. The van der Waals surface area contributed by atoms with E-state index in [2.05, 4.69) is 62.8 Å². The van der Waals surface area contributed by atoms with Crippen molar-refractivity contribution in [1.82, 2.24) is 14.1 Å². The first-order valence-corrected chi connectivity index (χ1v) is 12.5. The molecule has 2 saturated heterocycles. The van der Waals surface area contributed by atoms with Crippen LogP contribution in [0.2, 0.25) is 0 Å². The van der Waals surface area contributed by atoms with Gasteiger partial charge < -0.3 is 5.73 Å². The second kappa shape index (κ2) is 8.02. The van der Waals surface area contributed by atoms with Crippen LogP contribution in [0.3, 0.4) is 0 Å². The number of nitrogens with zero attached hydrogens (tertiary/aromatic N) is 2. The maximum atomic E-state index is 6.28. The van der Waals surface area contributed by atoms with Crippen LogP contribution in [0.25, 0.3) is 0 Å². The molecule has 6 heteroatoms. The minimum atomic E-state index is -1.29. The van der Waals surface area contributed by atoms with Gasteiger partial charge in [0.1, 0.15) is 0 Å². The number of aryl methyl sites for hydroxylation is 1. The fourth-order valence-electron chi connectivity index (χ4n) is 3.58. The molecule has 0 saturated carbocycles. The first kappa shape index (κ1) is 19.1. The quantitative estimate of drug-likeness (QED) is 0.292. The summed E-state index contributed by atoms with van der Waals surface area (Å²) in [6, 6.07) is 15.3. The highest BCUT2D eigenvalue weighted by Crippen LogP contribution is 2.59. The Hall–Kier alpha value is -1.23. The average molecular weight is 401 g/mol. The Bertz CT molecular complexity index is 828. The zero-order valence-corrected chi connectivity index (χ0v) is 17.7. The summed E-state index contributed by atoms with van der Waals surface area (Å²) in [5.41, 5.74) is 11.1. The Morgan fingerprint density at radius 1 is 1.04 bits per heavy atom. The molecule has 0 aromatic heterocycles. The lowest BCUT2D eigenvalue weighted by atomic mass is 10.0. The molecule has 2 heterocycles. The first-order valence-electron chi connectivity index (χ1n) is 9.61. The van der Waals surface area contributed by atoms with Crippen LogP contribution in [-0.4, -0.2) is 55.0 Å². The molecular weight excluding hydrogens is 371 g/mol. The summed E-state index contributed by atoms with van der Waals surface area (Å²) in [5.74, 6) is 0. The summed E-state index contributed by atoms with van der Waals surface area (Å²) < 4.78 is 8.31. The van der Waals surface area contributed by atoms with Crippen LogP contribution in [0.1, 0.15) is 16.7 Å². The summed E-state index contributed by atoms with van der Waals surface area (Å²) in [5, 5.41) is 0. The highest BCUT2D eigenvalue weighted by molar-refractivity contribution is 7.97. The third-order valence-electron chi connectivity index (χ3n) is 5.40. The zero-order valence-electron chi connectivity index (χ0n) is 16.0. The highest BCUT2D eigenvalue weighted by atomic mass is 32.2. The second-order valence-corrected chi connectivity index (χ2v) is 11.8. The van der Waals surface area contributed by atoms with Crippen molar-refractivity contribution in [2.75, 3.05) is 45.1 Å². The molecule has 4 rings (SSSR count). The molecule has 2 aromatic carbocycles. The molecule has 144 valence electrons. The summed E-state index contributed by atoms with van der Waals surface area (Å²) in [6.45, 7) is 4.95. The van der Waals surface area contributed by atoms with E-state index in [9.17, 15) is 0 Å². The normalized spacial score (nSPS) is 17.2. The molecule has 27 heavy (non-hydrogen) atoms. The molecule has 0 atom stereocenters. The molecule has 0 amide bonds. The van der Waals surface area contributed by atoms with Gasteiger partial charge in [-0.1, -0.05) is 30.6 Å². The van der Waals surface area contributed by atoms with Gasteiger partial charge in [0, 0.05) is 43.9 Å². The van der Waals surface area contributed by atoms with Crippen molar-refractivity contribution in [1.29, 1.82) is 0 Å². The van der Waals surface area contributed by atoms with Gasteiger partial charge in [-0.2, -0.15) is 0 Å². The lowest BCUT2D eigenvalue weighted by Gasteiger charge is -2.27. The number of hydrogen-bond donors (Lipinski definition) is 2. The van der Waals surface area contributed by atoms with E-state index in [0.29, 0.717) is 0 Å². The number of nitrogens with two attached hydrogens (primary N) is 1. The fourth-order valence-corrected chi connectivity index (χ4v) is 7.30. The Morgan fingerprint density at radius 2 is 1.67 bits per heavy atom. The molecule has 4 nitrogen and oxygen atoms in total. The van der Waals surface area contributed by atoms with Gasteiger partial charge in [0.15, 0.2) is 0 Å². The zero-order chi connectivity index (χ0) is 18.9. The molecule has 2 aromatic rings. The van der Waals surface area contributed by atoms with Gasteiger partial charge in [-0.05, 0) is 72.9 Å². The number of hydrogen-bond acceptors (Lipinski definition) is 5. The molecule has 0 aliphatic carbocycles. The van der Waals surface area contributed by atoms with E-state index < -0.39 is 7.19 Å². The van der Waals surface area contributed by atoms with Crippen molar-refractivity contribution in [3.63, 3.8) is 0 Å². The van der Waals surface area contributed by atoms with E-state index >= 15 is 0 Å². The Labute approximate surface area is 167 Å². The van der Waals surface area contributed by atoms with E-state index in [4.69, 9.17) is 5.73 Å². The van der Waals surface area contributed by atoms with E-state index in [-0.39, 0.29) is 0 Å². The molecule has 0 unspecified atom stereocenters. The van der Waals surface area contributed by atoms with Crippen molar-refractivity contribution in [3.05, 3.63) is 59.2 Å². The summed E-state index contributed by atoms with van der Waals surface area (Å²) in [6.07, 6.45) is 7.83. The molecule has 2 aliphatic heterocycles. The smallest absolute Gasteiger partial charge is 0.0350 e. The number of rotatable bonds is 9. The lowest BCUT2D eigenvalue weighted by Crippen LogP contribution is -2.10. The predicted octanol–water partition coefficient (Wildman–Crippen LogP) is 3.54. The number of nitrogen functional groups attached to an aromatic ring is 1. The van der Waals surface area contributed by atoms with Gasteiger partial charge >= 0.3 is 0 Å². The maximum absolute atomic E-state index is 6.28. The first-order chi connectivity index (χ1) is 13.1. The fraction of sp³-hybridized carbons (Fsp3) is 0.381. The van der Waals surface area contributed by atoms with Gasteiger partial charge in [0.25, 0.3) is 0 Å². The number of anilines is 1. The van der Waals surface area contributed by atoms with Gasteiger partial charge in [0.2, 0.25) is 0 Å². The van der Waals surface area contributed by atoms with Gasteiger partial charge in [-0.25, -0.2) is 0 Å². The molecule has 0 spiro atoms. The van der Waals surface area contributed by atoms with Crippen LogP contribution in [0.5, 0.6) is 0 Å². The molecule has 0 bridgehead atoms. The number of benzene rings is 2. The standard InChI is InChI=1S/C21H29N4PS/c1-23-27-20-6-3-17(4-7-20)15-19-16-18(5-8-21(19)22)9-14-26(2,24-10-11-24)25-12-13-25/h3-8,16,23H,2,9-15,22H2,1H3. The summed E-state index contributed by atoms with van der Waals surface area (Å²) in [4.78, 5) is 1.23. The van der Waals surface area contributed by atoms with Crippen LogP contribution in [0, 0.1) is 0 Å². The molecule has 2 aliphatic rings. The van der Waals surface area contributed by atoms with Crippen LogP contribution >= 0.6 is 19.1 Å². The summed E-state index contributed by atoms with van der Waals surface area (Å²) in [7, 11) is 0.653. The third-order valence-corrected chi connectivity index (χ3v) is 9.96. The minimum Gasteiger partial charge on any atom is -0.398 e. The van der Waals surface area contributed by atoms with Gasteiger partial charge in [0.05, 0.1) is 0 Å². The second-order valence-electron chi connectivity index (χ2n) is 7.42. The highest BCUT2D eigenvalue weighted by Gasteiger charge is 2.40. The summed E-state index contributed by atoms with van der Waals surface area (Å²) >= 11 is 1.63. The van der Waals surface area contributed by atoms with Crippen LogP contribution in [0.15, 0.2) is 47.4 Å². The van der Waals surface area contributed by atoms with Crippen molar-refractivity contribution < 1.29 is 0 Å². The van der Waals surface area contributed by atoms with E-state index in [1.165, 1.54) is 53.9 Å². The van der Waals surface area contributed by atoms with Crippen LogP contribution < -0.4 is 10.5 Å². The van der Waals surface area contributed by atoms with E-state index in [0.717, 1.165) is 18.5 Å². The monoisotopic (exact) mass is 400 g/mol. The molecule has 3 N–H and O–H groups in total. The van der Waals surface area contributed by atoms with Crippen molar-refractivity contribution in [2.45, 2.75) is 17.7 Å². The van der Waals surface area contributed by atoms with Gasteiger partial charge in [-0.15, -0.1) is 0 Å². The largest absolute Gasteiger partial charge is 0.398 e. The topological polar surface area (TPSA) is 44.1 Å². The predicted molar refractivity (Wildman–Crippen MR) is 121 cm³/mol. The van der Waals surface area contributed by atoms with E-state index in [1.807, 2.05) is 7.05 Å². The minimum absolute atomic E-state index is 0.882. The van der Waals surface area contributed by atoms with Crippen molar-refractivity contribution in [2.24, 2.45) is 0 Å². The SMILES string of the molecule is C=P(CCc1ccc(N)c(Cc2ccc(SNC)cc2)c1)(N1CC1)N1CC1. The van der Waals surface area contributed by atoms with E-state index in [1.54, 1.807) is 11.9 Å². The average Bonchev–Trinajstić information content (AvgIpc) is 3.56. The third kappa shape index (κ3) is 4.61. The van der Waals surface area contributed by atoms with Crippen LogP contribution in [0.4, 0.5) is 5.69 Å². The van der Waals surface area contributed by atoms with Crippen LogP contribution in [-0.2, 0) is 12.8 Å². The molecule has 2 fully saturated rings. The maximum Gasteiger partial charge on any atom is 0.0350 e. The molecular formula is C21H29N4PS.